The molecule has 9 nitrogen and oxygen atoms in total. The Morgan fingerprint density at radius 3 is 2.11 bits per heavy atom. The first-order valence-corrected chi connectivity index (χ1v) is 13.0. The van der Waals surface area contributed by atoms with Gasteiger partial charge in [-0.15, -0.1) is 0 Å². The molecule has 1 saturated heterocycles. The summed E-state index contributed by atoms with van der Waals surface area (Å²) >= 11 is 5.95. The molecule has 2 aromatic rings. The fraction of sp³-hybridized carbons (Fsp3) is 0.417. The SMILES string of the molecule is CC(C)(C)OC(=O)N([C@H](Cc1ccccc1)C(=O)O)S(=O)(=O)N1CCN(c2ccc(Cl)cc2)CC1. The van der Waals surface area contributed by atoms with Crippen molar-refractivity contribution in [1.82, 2.24) is 8.61 Å². The second-order valence-corrected chi connectivity index (χ2v) is 11.4. The van der Waals surface area contributed by atoms with Crippen molar-refractivity contribution in [2.45, 2.75) is 38.8 Å². The van der Waals surface area contributed by atoms with Crippen LogP contribution in [-0.2, 0) is 26.2 Å². The first-order chi connectivity index (χ1) is 16.4. The molecule has 0 aromatic heterocycles. The number of carboxylic acids is 1. The van der Waals surface area contributed by atoms with Gasteiger partial charge >= 0.3 is 22.3 Å². The molecule has 0 bridgehead atoms. The highest BCUT2D eigenvalue weighted by atomic mass is 35.5. The van der Waals surface area contributed by atoms with E-state index in [9.17, 15) is 23.1 Å². The smallest absolute Gasteiger partial charge is 0.425 e. The molecular formula is C24H30ClN3O6S. The van der Waals surface area contributed by atoms with Crippen molar-refractivity contribution in [2.75, 3.05) is 31.1 Å². The largest absolute Gasteiger partial charge is 0.480 e. The summed E-state index contributed by atoms with van der Waals surface area (Å²) in [5.74, 6) is -1.44. The van der Waals surface area contributed by atoms with Crippen molar-refractivity contribution in [3.8, 4) is 0 Å². The van der Waals surface area contributed by atoms with Crippen LogP contribution >= 0.6 is 11.6 Å². The summed E-state index contributed by atoms with van der Waals surface area (Å²) in [6.07, 6.45) is -1.42. The number of ether oxygens (including phenoxy) is 1. The van der Waals surface area contributed by atoms with Crippen LogP contribution in [0.4, 0.5) is 10.5 Å². The Labute approximate surface area is 211 Å². The maximum absolute atomic E-state index is 13.7. The molecule has 1 atom stereocenters. The average molecular weight is 524 g/mol. The van der Waals surface area contributed by atoms with Gasteiger partial charge in [-0.25, -0.2) is 9.59 Å². The van der Waals surface area contributed by atoms with Gasteiger partial charge in [0.05, 0.1) is 0 Å². The molecule has 0 aliphatic carbocycles. The zero-order valence-corrected chi connectivity index (χ0v) is 21.5. The fourth-order valence-corrected chi connectivity index (χ4v) is 5.46. The van der Waals surface area contributed by atoms with Crippen molar-refractivity contribution in [2.24, 2.45) is 0 Å². The number of rotatable bonds is 7. The van der Waals surface area contributed by atoms with E-state index in [0.29, 0.717) is 28.0 Å². The summed E-state index contributed by atoms with van der Waals surface area (Å²) in [5, 5.41) is 10.6. The van der Waals surface area contributed by atoms with Gasteiger partial charge in [0.2, 0.25) is 0 Å². The summed E-state index contributed by atoms with van der Waals surface area (Å²) in [6.45, 7) is 5.64. The third-order valence-corrected chi connectivity index (χ3v) is 7.59. The van der Waals surface area contributed by atoms with E-state index >= 15 is 0 Å². The minimum absolute atomic E-state index is 0.0714. The van der Waals surface area contributed by atoms with Crippen LogP contribution in [-0.4, -0.2) is 72.0 Å². The maximum Gasteiger partial charge on any atom is 0.425 e. The number of amides is 1. The zero-order valence-electron chi connectivity index (χ0n) is 19.9. The van der Waals surface area contributed by atoms with Crippen LogP contribution in [0.15, 0.2) is 54.6 Å². The van der Waals surface area contributed by atoms with E-state index in [2.05, 4.69) is 0 Å². The topological polar surface area (TPSA) is 107 Å². The molecule has 2 aromatic carbocycles. The predicted molar refractivity (Wildman–Crippen MR) is 134 cm³/mol. The van der Waals surface area contributed by atoms with E-state index in [4.69, 9.17) is 16.3 Å². The average Bonchev–Trinajstić information content (AvgIpc) is 2.78. The normalized spacial score (nSPS) is 15.9. The molecule has 3 rings (SSSR count). The Balaban J connectivity index is 1.88. The van der Waals surface area contributed by atoms with E-state index in [-0.39, 0.29) is 19.5 Å². The summed E-state index contributed by atoms with van der Waals surface area (Å²) < 4.78 is 34.2. The summed E-state index contributed by atoms with van der Waals surface area (Å²) in [5.41, 5.74) is 0.452. The van der Waals surface area contributed by atoms with Crippen molar-refractivity contribution in [1.29, 1.82) is 0 Å². The number of nitrogens with zero attached hydrogens (tertiary/aromatic N) is 3. The number of anilines is 1. The first-order valence-electron chi connectivity index (χ1n) is 11.2. The van der Waals surface area contributed by atoms with E-state index in [0.717, 1.165) is 9.99 Å². The number of carboxylic acid groups (broad SMARTS) is 1. The number of benzene rings is 2. The predicted octanol–water partition coefficient (Wildman–Crippen LogP) is 3.64. The molecule has 1 heterocycles. The highest BCUT2D eigenvalue weighted by Gasteiger charge is 2.45. The van der Waals surface area contributed by atoms with Crippen molar-refractivity contribution in [3.05, 3.63) is 65.2 Å². The van der Waals surface area contributed by atoms with Gasteiger partial charge < -0.3 is 14.7 Å². The highest BCUT2D eigenvalue weighted by molar-refractivity contribution is 7.87. The Morgan fingerprint density at radius 2 is 1.60 bits per heavy atom. The number of hydrogen-bond acceptors (Lipinski definition) is 6. The standard InChI is InChI=1S/C24H30ClN3O6S/c1-24(2,3)34-23(31)28(21(22(29)30)17-18-7-5-4-6-8-18)35(32,33)27-15-13-26(14-16-27)20-11-9-19(25)10-12-20/h4-12,21H,13-17H2,1-3H3,(H,29,30)/t21-/m1/s1. The molecule has 1 fully saturated rings. The monoisotopic (exact) mass is 523 g/mol. The molecule has 0 spiro atoms. The van der Waals surface area contributed by atoms with Gasteiger partial charge in [-0.05, 0) is 50.6 Å². The molecule has 0 radical (unpaired) electrons. The third kappa shape index (κ3) is 6.87. The minimum atomic E-state index is -4.51. The Morgan fingerprint density at radius 1 is 1.03 bits per heavy atom. The van der Waals surface area contributed by atoms with Gasteiger partial charge in [0.25, 0.3) is 0 Å². The fourth-order valence-electron chi connectivity index (χ4n) is 3.75. The number of hydrogen-bond donors (Lipinski definition) is 1. The maximum atomic E-state index is 13.7. The molecule has 1 aliphatic rings. The van der Waals surface area contributed by atoms with Gasteiger partial charge in [-0.1, -0.05) is 41.9 Å². The number of halogens is 1. The second kappa shape index (κ2) is 10.8. The lowest BCUT2D eigenvalue weighted by Gasteiger charge is -2.39. The number of aliphatic carboxylic acids is 1. The van der Waals surface area contributed by atoms with Gasteiger partial charge in [0.1, 0.15) is 5.60 Å². The summed E-state index contributed by atoms with van der Waals surface area (Å²) in [4.78, 5) is 27.4. The summed E-state index contributed by atoms with van der Waals surface area (Å²) in [7, 11) is -4.51. The highest BCUT2D eigenvalue weighted by Crippen LogP contribution is 2.24. The Kier molecular flexibility index (Phi) is 8.30. The van der Waals surface area contributed by atoms with Gasteiger partial charge in [0.15, 0.2) is 6.04 Å². The molecule has 11 heteroatoms. The van der Waals surface area contributed by atoms with Crippen LogP contribution in [0.3, 0.4) is 0 Å². The molecule has 1 amide bonds. The van der Waals surface area contributed by atoms with Crippen molar-refractivity contribution >= 4 is 39.6 Å². The minimum Gasteiger partial charge on any atom is -0.480 e. The molecule has 35 heavy (non-hydrogen) atoms. The third-order valence-electron chi connectivity index (χ3n) is 5.42. The summed E-state index contributed by atoms with van der Waals surface area (Å²) in [6, 6.07) is 14.1. The van der Waals surface area contributed by atoms with Gasteiger partial charge in [0, 0.05) is 43.3 Å². The van der Waals surface area contributed by atoms with Crippen LogP contribution in [0.2, 0.25) is 5.02 Å². The lowest BCUT2D eigenvalue weighted by atomic mass is 10.1. The molecule has 0 saturated carbocycles. The van der Waals surface area contributed by atoms with Gasteiger partial charge in [-0.2, -0.15) is 17.0 Å². The Bertz CT molecular complexity index is 1130. The Hall–Kier alpha value is -2.82. The van der Waals surface area contributed by atoms with Gasteiger partial charge in [-0.3, -0.25) is 0 Å². The number of carbonyl (C=O) groups excluding carboxylic acids is 1. The molecular weight excluding hydrogens is 494 g/mol. The van der Waals surface area contributed by atoms with E-state index < -0.39 is 33.9 Å². The molecule has 190 valence electrons. The van der Waals surface area contributed by atoms with E-state index in [1.165, 1.54) is 0 Å². The number of piperazine rings is 1. The van der Waals surface area contributed by atoms with Crippen LogP contribution in [0.5, 0.6) is 0 Å². The lowest BCUT2D eigenvalue weighted by molar-refractivity contribution is -0.141. The van der Waals surface area contributed by atoms with E-state index in [1.54, 1.807) is 63.2 Å². The van der Waals surface area contributed by atoms with Crippen molar-refractivity contribution < 1.29 is 27.9 Å². The van der Waals surface area contributed by atoms with Crippen LogP contribution < -0.4 is 4.90 Å². The molecule has 1 N–H and O–H groups in total. The van der Waals surface area contributed by atoms with Crippen molar-refractivity contribution in [3.63, 3.8) is 0 Å². The van der Waals surface area contributed by atoms with Crippen LogP contribution in [0, 0.1) is 0 Å². The lowest BCUT2D eigenvalue weighted by Crippen LogP contribution is -2.59. The quantitative estimate of drug-likeness (QED) is 0.590. The molecule has 0 unspecified atom stereocenters. The molecule has 1 aliphatic heterocycles. The van der Waals surface area contributed by atoms with Crippen LogP contribution in [0.1, 0.15) is 26.3 Å². The van der Waals surface area contributed by atoms with Crippen LogP contribution in [0.25, 0.3) is 0 Å². The second-order valence-electron chi connectivity index (χ2n) is 9.19. The van der Waals surface area contributed by atoms with E-state index in [1.807, 2.05) is 17.0 Å². The first kappa shape index (κ1) is 26.8. The number of carbonyl (C=O) groups is 2. The zero-order chi connectivity index (χ0) is 25.8.